The van der Waals surface area contributed by atoms with Crippen LogP contribution in [0.3, 0.4) is 0 Å². The summed E-state index contributed by atoms with van der Waals surface area (Å²) >= 11 is 0. The Bertz CT molecular complexity index is 218. The Labute approximate surface area is 116 Å². The standard InChI is InChI=1S/C9H16O4.C6H12/c10-8(11)6-4-2-1-3-5-7-9(12)13;1-3-5-6-4-2/h1-7H2,(H,10,11)(H,12,13);3H,1,4-6H2,2H3. The minimum Gasteiger partial charge on any atom is -0.481 e. The molecule has 4 nitrogen and oxygen atoms in total. The van der Waals surface area contributed by atoms with Gasteiger partial charge in [0.15, 0.2) is 0 Å². The van der Waals surface area contributed by atoms with Gasteiger partial charge in [0, 0.05) is 12.8 Å². The molecular formula is C15H28O4. The number of allylic oxidation sites excluding steroid dienone is 1. The summed E-state index contributed by atoms with van der Waals surface area (Å²) in [6.07, 6.45) is 10.2. The third kappa shape index (κ3) is 26.3. The first-order valence-corrected chi connectivity index (χ1v) is 7.09. The normalized spacial score (nSPS) is 9.32. The molecule has 19 heavy (non-hydrogen) atoms. The topological polar surface area (TPSA) is 74.6 Å². The van der Waals surface area contributed by atoms with E-state index in [1.54, 1.807) is 0 Å². The van der Waals surface area contributed by atoms with E-state index in [-0.39, 0.29) is 12.8 Å². The fourth-order valence-corrected chi connectivity index (χ4v) is 1.43. The second-order valence-electron chi connectivity index (χ2n) is 4.49. The van der Waals surface area contributed by atoms with Crippen molar-refractivity contribution in [3.63, 3.8) is 0 Å². The maximum absolute atomic E-state index is 10.1. The lowest BCUT2D eigenvalue weighted by Crippen LogP contribution is -1.95. The monoisotopic (exact) mass is 272 g/mol. The highest BCUT2D eigenvalue weighted by molar-refractivity contribution is 5.66. The van der Waals surface area contributed by atoms with Crippen LogP contribution in [0.25, 0.3) is 0 Å². The van der Waals surface area contributed by atoms with Crippen molar-refractivity contribution < 1.29 is 19.8 Å². The number of unbranched alkanes of at least 4 members (excludes halogenated alkanes) is 6. The van der Waals surface area contributed by atoms with Crippen molar-refractivity contribution in [1.82, 2.24) is 0 Å². The molecule has 0 aliphatic rings. The molecule has 0 saturated heterocycles. The zero-order valence-corrected chi connectivity index (χ0v) is 12.1. The molecule has 0 saturated carbocycles. The van der Waals surface area contributed by atoms with Gasteiger partial charge in [0.05, 0.1) is 0 Å². The van der Waals surface area contributed by atoms with Gasteiger partial charge in [-0.2, -0.15) is 0 Å². The van der Waals surface area contributed by atoms with Gasteiger partial charge in [-0.25, -0.2) is 0 Å². The molecule has 0 aromatic carbocycles. The van der Waals surface area contributed by atoms with Crippen molar-refractivity contribution in [2.24, 2.45) is 0 Å². The molecule has 4 heteroatoms. The molecule has 0 spiro atoms. The zero-order valence-electron chi connectivity index (χ0n) is 12.1. The van der Waals surface area contributed by atoms with E-state index in [0.29, 0.717) is 12.8 Å². The lowest BCUT2D eigenvalue weighted by Gasteiger charge is -1.97. The first-order valence-electron chi connectivity index (χ1n) is 7.09. The smallest absolute Gasteiger partial charge is 0.303 e. The third-order valence-electron chi connectivity index (χ3n) is 2.54. The summed E-state index contributed by atoms with van der Waals surface area (Å²) in [5.74, 6) is -1.52. The average Bonchev–Trinajstić information content (AvgIpc) is 2.35. The predicted molar refractivity (Wildman–Crippen MR) is 77.3 cm³/mol. The molecule has 0 rings (SSSR count). The Morgan fingerprint density at radius 3 is 1.58 bits per heavy atom. The molecule has 0 aromatic heterocycles. The van der Waals surface area contributed by atoms with Gasteiger partial charge in [-0.1, -0.05) is 45.1 Å². The van der Waals surface area contributed by atoms with E-state index in [1.165, 1.54) is 19.3 Å². The maximum atomic E-state index is 10.1. The highest BCUT2D eigenvalue weighted by Crippen LogP contribution is 2.06. The summed E-state index contributed by atoms with van der Waals surface area (Å²) in [5.41, 5.74) is 0. The SMILES string of the molecule is C=CCCCC.O=C(O)CCCCCCCC(=O)O. The minimum absolute atomic E-state index is 0.221. The fourth-order valence-electron chi connectivity index (χ4n) is 1.43. The van der Waals surface area contributed by atoms with Crippen molar-refractivity contribution in [2.75, 3.05) is 0 Å². The molecule has 0 fully saturated rings. The van der Waals surface area contributed by atoms with Crippen molar-refractivity contribution in [3.8, 4) is 0 Å². The van der Waals surface area contributed by atoms with Crippen LogP contribution in [0.1, 0.15) is 71.1 Å². The molecule has 0 atom stereocenters. The highest BCUT2D eigenvalue weighted by atomic mass is 16.4. The number of aliphatic carboxylic acids is 2. The van der Waals surface area contributed by atoms with Crippen molar-refractivity contribution >= 4 is 11.9 Å². The molecule has 0 heterocycles. The Morgan fingerprint density at radius 2 is 1.32 bits per heavy atom. The minimum atomic E-state index is -0.759. The summed E-state index contributed by atoms with van der Waals surface area (Å²) in [6, 6.07) is 0. The van der Waals surface area contributed by atoms with Gasteiger partial charge in [-0.05, 0) is 19.3 Å². The summed E-state index contributed by atoms with van der Waals surface area (Å²) in [5, 5.41) is 16.6. The van der Waals surface area contributed by atoms with Gasteiger partial charge in [-0.3, -0.25) is 9.59 Å². The number of hydrogen-bond donors (Lipinski definition) is 2. The van der Waals surface area contributed by atoms with Crippen LogP contribution in [0.2, 0.25) is 0 Å². The summed E-state index contributed by atoms with van der Waals surface area (Å²) in [6.45, 7) is 5.78. The Balaban J connectivity index is 0. The first kappa shape index (κ1) is 20.0. The van der Waals surface area contributed by atoms with Gasteiger partial charge in [-0.15, -0.1) is 6.58 Å². The van der Waals surface area contributed by atoms with Crippen LogP contribution in [-0.2, 0) is 9.59 Å². The average molecular weight is 272 g/mol. The molecular weight excluding hydrogens is 244 g/mol. The second-order valence-corrected chi connectivity index (χ2v) is 4.49. The molecule has 0 unspecified atom stereocenters. The fraction of sp³-hybridized carbons (Fsp3) is 0.733. The first-order chi connectivity index (χ1) is 9.04. The number of rotatable bonds is 11. The third-order valence-corrected chi connectivity index (χ3v) is 2.54. The van der Waals surface area contributed by atoms with Gasteiger partial charge < -0.3 is 10.2 Å². The lowest BCUT2D eigenvalue weighted by atomic mass is 10.1. The van der Waals surface area contributed by atoms with Gasteiger partial charge in [0.25, 0.3) is 0 Å². The lowest BCUT2D eigenvalue weighted by molar-refractivity contribution is -0.138. The molecule has 0 aromatic rings. The van der Waals surface area contributed by atoms with Crippen LogP contribution >= 0.6 is 0 Å². The van der Waals surface area contributed by atoms with Crippen molar-refractivity contribution in [1.29, 1.82) is 0 Å². The second kappa shape index (κ2) is 16.7. The quantitative estimate of drug-likeness (QED) is 0.435. The molecule has 0 aliphatic heterocycles. The van der Waals surface area contributed by atoms with E-state index in [0.717, 1.165) is 19.3 Å². The van der Waals surface area contributed by atoms with Crippen LogP contribution in [0.5, 0.6) is 0 Å². The van der Waals surface area contributed by atoms with Crippen molar-refractivity contribution in [2.45, 2.75) is 71.1 Å². The van der Waals surface area contributed by atoms with Crippen LogP contribution in [0, 0.1) is 0 Å². The van der Waals surface area contributed by atoms with E-state index in [4.69, 9.17) is 10.2 Å². The van der Waals surface area contributed by atoms with Crippen molar-refractivity contribution in [3.05, 3.63) is 12.7 Å². The zero-order chi connectivity index (χ0) is 14.9. The molecule has 0 aliphatic carbocycles. The summed E-state index contributed by atoms with van der Waals surface area (Å²) in [7, 11) is 0. The summed E-state index contributed by atoms with van der Waals surface area (Å²) < 4.78 is 0. The van der Waals surface area contributed by atoms with E-state index in [9.17, 15) is 9.59 Å². The number of hydrogen-bond acceptors (Lipinski definition) is 2. The van der Waals surface area contributed by atoms with Gasteiger partial charge >= 0.3 is 11.9 Å². The molecule has 112 valence electrons. The largest absolute Gasteiger partial charge is 0.481 e. The number of carboxylic acid groups (broad SMARTS) is 2. The molecule has 2 N–H and O–H groups in total. The van der Waals surface area contributed by atoms with E-state index >= 15 is 0 Å². The van der Waals surface area contributed by atoms with Gasteiger partial charge in [0.1, 0.15) is 0 Å². The van der Waals surface area contributed by atoms with Gasteiger partial charge in [0.2, 0.25) is 0 Å². The molecule has 0 amide bonds. The Hall–Kier alpha value is -1.32. The molecule has 0 radical (unpaired) electrons. The van der Waals surface area contributed by atoms with Crippen LogP contribution in [0.4, 0.5) is 0 Å². The Morgan fingerprint density at radius 1 is 0.895 bits per heavy atom. The Kier molecular flexibility index (Phi) is 17.6. The number of carbonyl (C=O) groups is 2. The van der Waals surface area contributed by atoms with E-state index < -0.39 is 11.9 Å². The summed E-state index contributed by atoms with van der Waals surface area (Å²) in [4.78, 5) is 20.2. The van der Waals surface area contributed by atoms with Crippen LogP contribution < -0.4 is 0 Å². The van der Waals surface area contributed by atoms with Crippen LogP contribution in [-0.4, -0.2) is 22.2 Å². The van der Waals surface area contributed by atoms with Crippen LogP contribution in [0.15, 0.2) is 12.7 Å². The number of carboxylic acids is 2. The van der Waals surface area contributed by atoms with E-state index in [1.807, 2.05) is 6.08 Å². The predicted octanol–water partition coefficient (Wildman–Crippen LogP) is 4.25. The highest BCUT2D eigenvalue weighted by Gasteiger charge is 1.98. The molecule has 0 bridgehead atoms. The van der Waals surface area contributed by atoms with E-state index in [2.05, 4.69) is 13.5 Å². The maximum Gasteiger partial charge on any atom is 0.303 e.